The summed E-state index contributed by atoms with van der Waals surface area (Å²) in [4.78, 5) is 7.09. The Morgan fingerprint density at radius 2 is 1.94 bits per heavy atom. The third-order valence-corrected chi connectivity index (χ3v) is 3.27. The van der Waals surface area contributed by atoms with Crippen molar-refractivity contribution in [2.45, 2.75) is 0 Å². The average molecular weight is 356 g/mol. The van der Waals surface area contributed by atoms with E-state index in [2.05, 4.69) is 32.6 Å². The van der Waals surface area contributed by atoms with Crippen LogP contribution >= 0.6 is 22.6 Å². The number of aromatic nitrogens is 2. The van der Waals surface area contributed by atoms with Gasteiger partial charge in [0, 0.05) is 15.2 Å². The molecule has 0 spiro atoms. The maximum Gasteiger partial charge on any atom is 0.153 e. The molecule has 1 N–H and O–H groups in total. The summed E-state index contributed by atoms with van der Waals surface area (Å²) in [6.07, 6.45) is 0. The Hall–Kier alpha value is -1.50. The topological polar surface area (TPSA) is 28.7 Å². The molecular formula is C13H7F2IN2. The molecule has 0 aliphatic rings. The zero-order valence-corrected chi connectivity index (χ0v) is 11.2. The molecule has 0 unspecified atom stereocenters. The maximum absolute atomic E-state index is 13.5. The van der Waals surface area contributed by atoms with Crippen LogP contribution in [0, 0.1) is 15.2 Å². The number of hydrogen-bond acceptors (Lipinski definition) is 1. The van der Waals surface area contributed by atoms with E-state index in [4.69, 9.17) is 0 Å². The second-order valence-corrected chi connectivity index (χ2v) is 5.13. The molecule has 0 aliphatic heterocycles. The summed E-state index contributed by atoms with van der Waals surface area (Å²) in [6.45, 7) is 0. The van der Waals surface area contributed by atoms with Crippen LogP contribution in [0.3, 0.4) is 0 Å². The second kappa shape index (κ2) is 4.31. The number of aromatic amines is 1. The quantitative estimate of drug-likeness (QED) is 0.653. The second-order valence-electron chi connectivity index (χ2n) is 3.88. The molecule has 0 bridgehead atoms. The first-order valence-electron chi connectivity index (χ1n) is 5.24. The predicted octanol–water partition coefficient (Wildman–Crippen LogP) is 4.11. The van der Waals surface area contributed by atoms with Gasteiger partial charge in [-0.05, 0) is 40.8 Å². The summed E-state index contributed by atoms with van der Waals surface area (Å²) in [5, 5.41) is 0. The summed E-state index contributed by atoms with van der Waals surface area (Å²) in [5.74, 6) is -0.732. The van der Waals surface area contributed by atoms with Crippen LogP contribution in [0.5, 0.6) is 0 Å². The van der Waals surface area contributed by atoms with Gasteiger partial charge >= 0.3 is 0 Å². The highest BCUT2D eigenvalue weighted by Crippen LogP contribution is 2.24. The SMILES string of the molecule is Fc1cc(F)c2nc(-c3cccc(I)c3)[nH]c2c1. The first kappa shape index (κ1) is 11.6. The standard InChI is InChI=1S/C13H7F2IN2/c14-8-5-10(15)12-11(6-8)17-13(18-12)7-2-1-3-9(16)4-7/h1-6H,(H,17,18). The van der Waals surface area contributed by atoms with Crippen molar-refractivity contribution in [1.82, 2.24) is 9.97 Å². The van der Waals surface area contributed by atoms with Crippen molar-refractivity contribution in [1.29, 1.82) is 0 Å². The lowest BCUT2D eigenvalue weighted by Crippen LogP contribution is -1.81. The van der Waals surface area contributed by atoms with E-state index in [9.17, 15) is 8.78 Å². The van der Waals surface area contributed by atoms with Crippen LogP contribution in [-0.4, -0.2) is 9.97 Å². The highest BCUT2D eigenvalue weighted by molar-refractivity contribution is 14.1. The fourth-order valence-corrected chi connectivity index (χ4v) is 2.36. The molecule has 0 amide bonds. The lowest BCUT2D eigenvalue weighted by molar-refractivity contribution is 0.591. The van der Waals surface area contributed by atoms with E-state index in [1.165, 1.54) is 6.07 Å². The Balaban J connectivity index is 2.22. The fraction of sp³-hybridized carbons (Fsp3) is 0. The summed E-state index contributed by atoms with van der Waals surface area (Å²) >= 11 is 2.19. The van der Waals surface area contributed by atoms with Crippen molar-refractivity contribution in [3.8, 4) is 11.4 Å². The molecule has 5 heteroatoms. The van der Waals surface area contributed by atoms with Crippen molar-refractivity contribution >= 4 is 33.6 Å². The van der Waals surface area contributed by atoms with Gasteiger partial charge in [0.05, 0.1) is 5.52 Å². The van der Waals surface area contributed by atoms with Crippen molar-refractivity contribution in [2.75, 3.05) is 0 Å². The summed E-state index contributed by atoms with van der Waals surface area (Å²) in [6, 6.07) is 9.71. The monoisotopic (exact) mass is 356 g/mol. The third kappa shape index (κ3) is 1.98. The van der Waals surface area contributed by atoms with Crippen LogP contribution in [0.4, 0.5) is 8.78 Å². The van der Waals surface area contributed by atoms with Gasteiger partial charge < -0.3 is 4.98 Å². The first-order valence-corrected chi connectivity index (χ1v) is 6.32. The van der Waals surface area contributed by atoms with Crippen LogP contribution in [0.1, 0.15) is 0 Å². The van der Waals surface area contributed by atoms with Crippen LogP contribution in [0.15, 0.2) is 36.4 Å². The molecule has 2 nitrogen and oxygen atoms in total. The number of imidazole rings is 1. The van der Waals surface area contributed by atoms with Gasteiger partial charge in [0.2, 0.25) is 0 Å². The predicted molar refractivity (Wildman–Crippen MR) is 74.2 cm³/mol. The van der Waals surface area contributed by atoms with Crippen LogP contribution in [-0.2, 0) is 0 Å². The average Bonchev–Trinajstić information content (AvgIpc) is 2.73. The van der Waals surface area contributed by atoms with E-state index in [0.717, 1.165) is 15.2 Å². The van der Waals surface area contributed by atoms with Gasteiger partial charge in [-0.3, -0.25) is 0 Å². The Kier molecular flexibility index (Phi) is 2.77. The number of nitrogens with one attached hydrogen (secondary N) is 1. The lowest BCUT2D eigenvalue weighted by Gasteiger charge is -1.96. The highest BCUT2D eigenvalue weighted by Gasteiger charge is 2.10. The number of fused-ring (bicyclic) bond motifs is 1. The lowest BCUT2D eigenvalue weighted by atomic mass is 10.2. The van der Waals surface area contributed by atoms with Gasteiger partial charge in [-0.2, -0.15) is 0 Å². The van der Waals surface area contributed by atoms with Crippen molar-refractivity contribution in [3.63, 3.8) is 0 Å². The molecule has 0 fully saturated rings. The Morgan fingerprint density at radius 1 is 1.11 bits per heavy atom. The van der Waals surface area contributed by atoms with E-state index in [-0.39, 0.29) is 5.52 Å². The van der Waals surface area contributed by atoms with E-state index < -0.39 is 11.6 Å². The molecule has 1 heterocycles. The van der Waals surface area contributed by atoms with Gasteiger partial charge in [-0.1, -0.05) is 12.1 Å². The molecule has 0 atom stereocenters. The highest BCUT2D eigenvalue weighted by atomic mass is 127. The molecule has 0 saturated heterocycles. The summed E-state index contributed by atoms with van der Waals surface area (Å²) < 4.78 is 27.7. The van der Waals surface area contributed by atoms with Gasteiger partial charge in [-0.15, -0.1) is 0 Å². The Bertz CT molecular complexity index is 737. The number of H-pyrrole nitrogens is 1. The van der Waals surface area contributed by atoms with Crippen molar-refractivity contribution < 1.29 is 8.78 Å². The fourth-order valence-electron chi connectivity index (χ4n) is 1.81. The Morgan fingerprint density at radius 3 is 2.72 bits per heavy atom. The molecule has 3 rings (SSSR count). The van der Waals surface area contributed by atoms with E-state index in [1.807, 2.05) is 24.3 Å². The van der Waals surface area contributed by atoms with E-state index in [0.29, 0.717) is 11.3 Å². The maximum atomic E-state index is 13.5. The molecular weight excluding hydrogens is 349 g/mol. The minimum Gasteiger partial charge on any atom is -0.338 e. The molecule has 0 aliphatic carbocycles. The normalized spacial score (nSPS) is 11.1. The molecule has 0 radical (unpaired) electrons. The largest absolute Gasteiger partial charge is 0.338 e. The van der Waals surface area contributed by atoms with E-state index in [1.54, 1.807) is 0 Å². The molecule has 3 aromatic rings. The molecule has 1 aromatic heterocycles. The minimum absolute atomic E-state index is 0.158. The van der Waals surface area contributed by atoms with Gasteiger partial charge in [0.25, 0.3) is 0 Å². The molecule has 0 saturated carbocycles. The number of benzene rings is 2. The number of hydrogen-bond donors (Lipinski definition) is 1. The molecule has 90 valence electrons. The smallest absolute Gasteiger partial charge is 0.153 e. The van der Waals surface area contributed by atoms with Crippen LogP contribution in [0.2, 0.25) is 0 Å². The van der Waals surface area contributed by atoms with Gasteiger partial charge in [0.15, 0.2) is 5.82 Å². The van der Waals surface area contributed by atoms with Crippen LogP contribution < -0.4 is 0 Å². The third-order valence-electron chi connectivity index (χ3n) is 2.60. The summed E-state index contributed by atoms with van der Waals surface area (Å²) in [5.41, 5.74) is 1.37. The summed E-state index contributed by atoms with van der Waals surface area (Å²) in [7, 11) is 0. The number of nitrogens with zero attached hydrogens (tertiary/aromatic N) is 1. The molecule has 2 aromatic carbocycles. The zero-order valence-electron chi connectivity index (χ0n) is 9.05. The van der Waals surface area contributed by atoms with Gasteiger partial charge in [-0.25, -0.2) is 13.8 Å². The zero-order chi connectivity index (χ0) is 12.7. The minimum atomic E-state index is -0.655. The van der Waals surface area contributed by atoms with Crippen molar-refractivity contribution in [3.05, 3.63) is 51.6 Å². The first-order chi connectivity index (χ1) is 8.63. The van der Waals surface area contributed by atoms with Crippen LogP contribution in [0.25, 0.3) is 22.4 Å². The number of halogens is 3. The van der Waals surface area contributed by atoms with Gasteiger partial charge in [0.1, 0.15) is 17.2 Å². The molecule has 18 heavy (non-hydrogen) atoms. The Labute approximate surface area is 115 Å². The van der Waals surface area contributed by atoms with Crippen molar-refractivity contribution in [2.24, 2.45) is 0 Å². The van der Waals surface area contributed by atoms with E-state index >= 15 is 0 Å². The number of rotatable bonds is 1.